The van der Waals surface area contributed by atoms with Crippen molar-refractivity contribution in [2.75, 3.05) is 21.3 Å². The maximum Gasteiger partial charge on any atom is 0.119 e. The molecule has 1 N–H and O–H groups in total. The normalized spacial score (nSPS) is 12.0. The number of rotatable bonds is 5. The fourth-order valence-corrected chi connectivity index (χ4v) is 2.42. The number of hydrogen-bond acceptors (Lipinski definition) is 3. The van der Waals surface area contributed by atoms with Crippen LogP contribution >= 0.6 is 0 Å². The summed E-state index contributed by atoms with van der Waals surface area (Å²) in [6, 6.07) is 14.4. The largest absolute Gasteiger partial charge is 0.497 e. The van der Waals surface area contributed by atoms with Crippen molar-refractivity contribution in [1.29, 1.82) is 0 Å². The SMILES string of the molecule is CNC(c1cccc(OC)c1)c1ccc(OC)cc1C. The zero-order chi connectivity index (χ0) is 14.5. The van der Waals surface area contributed by atoms with Crippen LogP contribution < -0.4 is 14.8 Å². The van der Waals surface area contributed by atoms with Crippen molar-refractivity contribution in [1.82, 2.24) is 5.32 Å². The lowest BCUT2D eigenvalue weighted by molar-refractivity contribution is 0.413. The van der Waals surface area contributed by atoms with Gasteiger partial charge in [-0.15, -0.1) is 0 Å². The van der Waals surface area contributed by atoms with Crippen LogP contribution in [0.2, 0.25) is 0 Å². The summed E-state index contributed by atoms with van der Waals surface area (Å²) in [4.78, 5) is 0. The molecular weight excluding hydrogens is 250 g/mol. The van der Waals surface area contributed by atoms with E-state index < -0.39 is 0 Å². The molecule has 2 rings (SSSR count). The Bertz CT molecular complexity index is 581. The minimum atomic E-state index is 0.135. The molecule has 0 heterocycles. The lowest BCUT2D eigenvalue weighted by atomic mass is 9.95. The summed E-state index contributed by atoms with van der Waals surface area (Å²) >= 11 is 0. The van der Waals surface area contributed by atoms with Crippen LogP contribution in [0.15, 0.2) is 42.5 Å². The summed E-state index contributed by atoms with van der Waals surface area (Å²) in [6.45, 7) is 2.10. The van der Waals surface area contributed by atoms with Crippen molar-refractivity contribution >= 4 is 0 Å². The van der Waals surface area contributed by atoms with Gasteiger partial charge in [0, 0.05) is 0 Å². The molecule has 0 fully saturated rings. The third kappa shape index (κ3) is 2.94. The second-order valence-corrected chi connectivity index (χ2v) is 4.72. The maximum absolute atomic E-state index is 5.30. The zero-order valence-corrected chi connectivity index (χ0v) is 12.4. The van der Waals surface area contributed by atoms with E-state index in [9.17, 15) is 0 Å². The standard InChI is InChI=1S/C17H21NO2/c1-12-10-15(20-4)8-9-16(12)17(18-2)13-6-5-7-14(11-13)19-3/h5-11,17-18H,1-4H3. The molecule has 2 aromatic carbocycles. The first-order chi connectivity index (χ1) is 9.69. The number of nitrogens with one attached hydrogen (secondary N) is 1. The summed E-state index contributed by atoms with van der Waals surface area (Å²) in [6.07, 6.45) is 0. The van der Waals surface area contributed by atoms with Gasteiger partial charge in [0.25, 0.3) is 0 Å². The van der Waals surface area contributed by atoms with E-state index >= 15 is 0 Å². The quantitative estimate of drug-likeness (QED) is 0.905. The highest BCUT2D eigenvalue weighted by Crippen LogP contribution is 2.29. The Kier molecular flexibility index (Phi) is 4.64. The summed E-state index contributed by atoms with van der Waals surface area (Å²) in [5, 5.41) is 3.37. The molecule has 106 valence electrons. The number of hydrogen-bond donors (Lipinski definition) is 1. The highest BCUT2D eigenvalue weighted by Gasteiger charge is 2.15. The molecule has 1 atom stereocenters. The summed E-state index contributed by atoms with van der Waals surface area (Å²) in [7, 11) is 5.34. The van der Waals surface area contributed by atoms with Crippen LogP contribution in [-0.2, 0) is 0 Å². The smallest absolute Gasteiger partial charge is 0.119 e. The molecule has 0 radical (unpaired) electrons. The van der Waals surface area contributed by atoms with Crippen LogP contribution in [0, 0.1) is 6.92 Å². The first-order valence-electron chi connectivity index (χ1n) is 6.65. The minimum Gasteiger partial charge on any atom is -0.497 e. The van der Waals surface area contributed by atoms with Gasteiger partial charge < -0.3 is 14.8 Å². The van der Waals surface area contributed by atoms with E-state index in [0.717, 1.165) is 11.5 Å². The molecule has 0 aliphatic carbocycles. The van der Waals surface area contributed by atoms with Crippen LogP contribution in [0.5, 0.6) is 11.5 Å². The van der Waals surface area contributed by atoms with Gasteiger partial charge in [-0.25, -0.2) is 0 Å². The minimum absolute atomic E-state index is 0.135. The van der Waals surface area contributed by atoms with Crippen LogP contribution in [0.4, 0.5) is 0 Å². The van der Waals surface area contributed by atoms with Crippen molar-refractivity contribution in [3.63, 3.8) is 0 Å². The van der Waals surface area contributed by atoms with Crippen molar-refractivity contribution in [2.24, 2.45) is 0 Å². The van der Waals surface area contributed by atoms with Crippen LogP contribution in [-0.4, -0.2) is 21.3 Å². The lowest BCUT2D eigenvalue weighted by Crippen LogP contribution is -2.18. The van der Waals surface area contributed by atoms with Gasteiger partial charge in [-0.3, -0.25) is 0 Å². The highest BCUT2D eigenvalue weighted by atomic mass is 16.5. The molecule has 0 aliphatic rings. The second kappa shape index (κ2) is 6.44. The average molecular weight is 271 g/mol. The molecular formula is C17H21NO2. The average Bonchev–Trinajstić information content (AvgIpc) is 2.49. The fourth-order valence-electron chi connectivity index (χ4n) is 2.42. The van der Waals surface area contributed by atoms with E-state index in [1.807, 2.05) is 25.2 Å². The third-order valence-corrected chi connectivity index (χ3v) is 3.50. The number of methoxy groups -OCH3 is 2. The molecule has 0 aliphatic heterocycles. The van der Waals surface area contributed by atoms with E-state index in [1.165, 1.54) is 16.7 Å². The summed E-state index contributed by atoms with van der Waals surface area (Å²) in [5.74, 6) is 1.75. The maximum atomic E-state index is 5.30. The number of ether oxygens (including phenoxy) is 2. The van der Waals surface area contributed by atoms with Crippen molar-refractivity contribution < 1.29 is 9.47 Å². The van der Waals surface area contributed by atoms with Gasteiger partial charge in [-0.05, 0) is 54.9 Å². The number of aryl methyl sites for hydroxylation is 1. The molecule has 3 heteroatoms. The summed E-state index contributed by atoms with van der Waals surface area (Å²) in [5.41, 5.74) is 3.62. The molecule has 0 spiro atoms. The van der Waals surface area contributed by atoms with Gasteiger partial charge >= 0.3 is 0 Å². The van der Waals surface area contributed by atoms with E-state index in [2.05, 4.69) is 36.5 Å². The first-order valence-corrected chi connectivity index (χ1v) is 6.65. The molecule has 2 aromatic rings. The van der Waals surface area contributed by atoms with Crippen LogP contribution in [0.25, 0.3) is 0 Å². The Labute approximate surface area is 120 Å². The van der Waals surface area contributed by atoms with E-state index in [-0.39, 0.29) is 6.04 Å². The molecule has 0 amide bonds. The molecule has 0 aromatic heterocycles. The van der Waals surface area contributed by atoms with Crippen LogP contribution in [0.3, 0.4) is 0 Å². The molecule has 0 bridgehead atoms. The van der Waals surface area contributed by atoms with Gasteiger partial charge in [-0.2, -0.15) is 0 Å². The Hall–Kier alpha value is -2.00. The molecule has 20 heavy (non-hydrogen) atoms. The molecule has 0 saturated heterocycles. The molecule has 0 saturated carbocycles. The lowest BCUT2D eigenvalue weighted by Gasteiger charge is -2.20. The first kappa shape index (κ1) is 14.4. The number of benzene rings is 2. The fraction of sp³-hybridized carbons (Fsp3) is 0.294. The van der Waals surface area contributed by atoms with Gasteiger partial charge in [0.1, 0.15) is 11.5 Å². The van der Waals surface area contributed by atoms with Crippen molar-refractivity contribution in [2.45, 2.75) is 13.0 Å². The van der Waals surface area contributed by atoms with E-state index in [1.54, 1.807) is 14.2 Å². The van der Waals surface area contributed by atoms with Gasteiger partial charge in [0.2, 0.25) is 0 Å². The predicted octanol–water partition coefficient (Wildman–Crippen LogP) is 3.32. The summed E-state index contributed by atoms with van der Waals surface area (Å²) < 4.78 is 10.6. The highest BCUT2D eigenvalue weighted by molar-refractivity contribution is 5.42. The van der Waals surface area contributed by atoms with Gasteiger partial charge in [-0.1, -0.05) is 18.2 Å². The van der Waals surface area contributed by atoms with E-state index in [0.29, 0.717) is 0 Å². The topological polar surface area (TPSA) is 30.5 Å². The second-order valence-electron chi connectivity index (χ2n) is 4.72. The Balaban J connectivity index is 2.41. The van der Waals surface area contributed by atoms with Crippen LogP contribution in [0.1, 0.15) is 22.7 Å². The van der Waals surface area contributed by atoms with E-state index in [4.69, 9.17) is 9.47 Å². The molecule has 1 unspecified atom stereocenters. The monoisotopic (exact) mass is 271 g/mol. The zero-order valence-electron chi connectivity index (χ0n) is 12.4. The van der Waals surface area contributed by atoms with Crippen molar-refractivity contribution in [3.8, 4) is 11.5 Å². The third-order valence-electron chi connectivity index (χ3n) is 3.50. The van der Waals surface area contributed by atoms with Crippen molar-refractivity contribution in [3.05, 3.63) is 59.2 Å². The van der Waals surface area contributed by atoms with Gasteiger partial charge in [0.15, 0.2) is 0 Å². The van der Waals surface area contributed by atoms with Gasteiger partial charge in [0.05, 0.1) is 20.3 Å². The Morgan fingerprint density at radius 3 is 2.25 bits per heavy atom. The Morgan fingerprint density at radius 2 is 1.65 bits per heavy atom. The predicted molar refractivity (Wildman–Crippen MR) is 81.6 cm³/mol. The Morgan fingerprint density at radius 1 is 0.950 bits per heavy atom. The molecule has 3 nitrogen and oxygen atoms in total.